The average molecular weight is 350 g/mol. The van der Waals surface area contributed by atoms with Gasteiger partial charge in [-0.2, -0.15) is 0 Å². The fraction of sp³-hybridized carbons (Fsp3) is 0.647. The highest BCUT2D eigenvalue weighted by atomic mass is 16.7. The van der Waals surface area contributed by atoms with E-state index in [-0.39, 0.29) is 6.42 Å². The SMILES string of the molecule is CC(=O)O[C@H]1C(=O)O[C@H]2OC(=O)[C@]34CC(=O)O[C@H]3C=C(C(C)(C)C)C214. The Balaban J connectivity index is 2.01. The molecule has 3 heterocycles. The molecule has 5 atom stereocenters. The van der Waals surface area contributed by atoms with Gasteiger partial charge in [0, 0.05) is 6.92 Å². The molecule has 1 aliphatic carbocycles. The van der Waals surface area contributed by atoms with Gasteiger partial charge in [-0.1, -0.05) is 20.8 Å². The Hall–Kier alpha value is -2.38. The first kappa shape index (κ1) is 16.1. The van der Waals surface area contributed by atoms with Crippen molar-refractivity contribution in [3.8, 4) is 0 Å². The molecule has 4 aliphatic rings. The van der Waals surface area contributed by atoms with Gasteiger partial charge >= 0.3 is 23.9 Å². The molecule has 0 N–H and O–H groups in total. The van der Waals surface area contributed by atoms with Crippen molar-refractivity contribution in [2.75, 3.05) is 0 Å². The Labute approximate surface area is 143 Å². The summed E-state index contributed by atoms with van der Waals surface area (Å²) in [7, 11) is 0. The molecular weight excluding hydrogens is 332 g/mol. The van der Waals surface area contributed by atoms with Gasteiger partial charge in [-0.15, -0.1) is 0 Å². The summed E-state index contributed by atoms with van der Waals surface area (Å²) in [5.74, 6) is -2.71. The van der Waals surface area contributed by atoms with E-state index in [2.05, 4.69) is 0 Å². The third-order valence-electron chi connectivity index (χ3n) is 5.56. The van der Waals surface area contributed by atoms with Crippen LogP contribution < -0.4 is 0 Å². The minimum atomic E-state index is -1.45. The molecule has 0 aromatic rings. The zero-order valence-corrected chi connectivity index (χ0v) is 14.3. The first-order valence-corrected chi connectivity index (χ1v) is 8.06. The van der Waals surface area contributed by atoms with Gasteiger partial charge in [0.1, 0.15) is 16.9 Å². The summed E-state index contributed by atoms with van der Waals surface area (Å²) in [5.41, 5.74) is -2.71. The maximum Gasteiger partial charge on any atom is 0.351 e. The normalized spacial score (nSPS) is 41.4. The highest BCUT2D eigenvalue weighted by molar-refractivity contribution is 5.96. The molecule has 8 nitrogen and oxygen atoms in total. The van der Waals surface area contributed by atoms with Crippen molar-refractivity contribution in [3.63, 3.8) is 0 Å². The Kier molecular flexibility index (Phi) is 2.85. The van der Waals surface area contributed by atoms with Crippen LogP contribution in [0.1, 0.15) is 34.1 Å². The number of hydrogen-bond acceptors (Lipinski definition) is 8. The second-order valence-electron chi connectivity index (χ2n) is 7.92. The van der Waals surface area contributed by atoms with Gasteiger partial charge in [-0.05, 0) is 17.1 Å². The summed E-state index contributed by atoms with van der Waals surface area (Å²) in [6.07, 6.45) is -2.05. The number of hydrogen-bond donors (Lipinski definition) is 0. The Morgan fingerprint density at radius 3 is 2.48 bits per heavy atom. The fourth-order valence-electron chi connectivity index (χ4n) is 4.84. The van der Waals surface area contributed by atoms with Crippen LogP contribution >= 0.6 is 0 Å². The van der Waals surface area contributed by atoms with Crippen LogP contribution in [-0.2, 0) is 38.1 Å². The second-order valence-corrected chi connectivity index (χ2v) is 7.92. The minimum absolute atomic E-state index is 0.252. The predicted molar refractivity (Wildman–Crippen MR) is 78.4 cm³/mol. The predicted octanol–water partition coefficient (Wildman–Crippen LogP) is 0.632. The van der Waals surface area contributed by atoms with E-state index in [1.807, 2.05) is 20.8 Å². The maximum atomic E-state index is 12.8. The number of ether oxygens (including phenoxy) is 4. The van der Waals surface area contributed by atoms with Crippen LogP contribution in [0.15, 0.2) is 11.6 Å². The van der Waals surface area contributed by atoms with Crippen molar-refractivity contribution in [1.82, 2.24) is 0 Å². The van der Waals surface area contributed by atoms with Crippen LogP contribution in [0.4, 0.5) is 0 Å². The van der Waals surface area contributed by atoms with Crippen molar-refractivity contribution < 1.29 is 38.1 Å². The molecule has 0 radical (unpaired) electrons. The van der Waals surface area contributed by atoms with Gasteiger partial charge in [0.15, 0.2) is 0 Å². The van der Waals surface area contributed by atoms with Gasteiger partial charge in [-0.25, -0.2) is 4.79 Å². The molecule has 25 heavy (non-hydrogen) atoms. The maximum absolute atomic E-state index is 12.8. The van der Waals surface area contributed by atoms with Crippen LogP contribution in [0.2, 0.25) is 0 Å². The van der Waals surface area contributed by atoms with E-state index in [9.17, 15) is 19.2 Å². The van der Waals surface area contributed by atoms with E-state index in [0.717, 1.165) is 0 Å². The van der Waals surface area contributed by atoms with E-state index in [4.69, 9.17) is 18.9 Å². The fourth-order valence-corrected chi connectivity index (χ4v) is 4.84. The monoisotopic (exact) mass is 350 g/mol. The molecule has 0 saturated carbocycles. The van der Waals surface area contributed by atoms with Crippen LogP contribution in [0.5, 0.6) is 0 Å². The molecule has 8 heteroatoms. The molecule has 3 saturated heterocycles. The van der Waals surface area contributed by atoms with E-state index in [1.54, 1.807) is 6.08 Å². The molecule has 2 spiro atoms. The molecule has 134 valence electrons. The lowest BCUT2D eigenvalue weighted by atomic mass is 9.56. The Morgan fingerprint density at radius 1 is 1.20 bits per heavy atom. The molecule has 3 fully saturated rings. The summed E-state index contributed by atoms with van der Waals surface area (Å²) in [4.78, 5) is 48.9. The molecule has 0 bridgehead atoms. The van der Waals surface area contributed by atoms with Gasteiger partial charge < -0.3 is 18.9 Å². The Morgan fingerprint density at radius 2 is 1.88 bits per heavy atom. The first-order chi connectivity index (χ1) is 11.5. The highest BCUT2D eigenvalue weighted by Gasteiger charge is 2.87. The van der Waals surface area contributed by atoms with Crippen molar-refractivity contribution in [2.24, 2.45) is 16.2 Å². The molecule has 3 aliphatic heterocycles. The van der Waals surface area contributed by atoms with Crippen molar-refractivity contribution in [3.05, 3.63) is 11.6 Å². The zero-order chi connectivity index (χ0) is 18.4. The summed E-state index contributed by atoms with van der Waals surface area (Å²) in [6.45, 7) is 6.87. The van der Waals surface area contributed by atoms with E-state index in [1.165, 1.54) is 6.92 Å². The number of rotatable bonds is 1. The lowest BCUT2D eigenvalue weighted by Crippen LogP contribution is -2.55. The van der Waals surface area contributed by atoms with Crippen LogP contribution in [0.25, 0.3) is 0 Å². The minimum Gasteiger partial charge on any atom is -0.457 e. The van der Waals surface area contributed by atoms with Gasteiger partial charge in [0.25, 0.3) is 6.29 Å². The molecule has 0 amide bonds. The topological polar surface area (TPSA) is 105 Å². The summed E-state index contributed by atoms with van der Waals surface area (Å²) in [6, 6.07) is 0. The van der Waals surface area contributed by atoms with Gasteiger partial charge in [-0.3, -0.25) is 14.4 Å². The van der Waals surface area contributed by atoms with Gasteiger partial charge in [0.2, 0.25) is 6.10 Å². The smallest absolute Gasteiger partial charge is 0.351 e. The van der Waals surface area contributed by atoms with E-state index >= 15 is 0 Å². The van der Waals surface area contributed by atoms with Crippen molar-refractivity contribution >= 4 is 23.9 Å². The van der Waals surface area contributed by atoms with Crippen LogP contribution in [0.3, 0.4) is 0 Å². The van der Waals surface area contributed by atoms with E-state index in [0.29, 0.717) is 5.57 Å². The lowest BCUT2D eigenvalue weighted by molar-refractivity contribution is -0.176. The number of esters is 4. The quantitative estimate of drug-likeness (QED) is 0.385. The molecule has 0 aromatic heterocycles. The van der Waals surface area contributed by atoms with Crippen LogP contribution in [0, 0.1) is 16.2 Å². The molecule has 0 aromatic carbocycles. The largest absolute Gasteiger partial charge is 0.457 e. The number of carbonyl (C=O) groups is 4. The Bertz CT molecular complexity index is 759. The zero-order valence-electron chi connectivity index (χ0n) is 14.3. The highest BCUT2D eigenvalue weighted by Crippen LogP contribution is 2.72. The summed E-state index contributed by atoms with van der Waals surface area (Å²) in [5, 5.41) is 0. The second kappa shape index (κ2) is 4.42. The van der Waals surface area contributed by atoms with Crippen molar-refractivity contribution in [2.45, 2.75) is 52.6 Å². The average Bonchev–Trinajstić information content (AvgIpc) is 3.07. The first-order valence-electron chi connectivity index (χ1n) is 8.06. The van der Waals surface area contributed by atoms with Gasteiger partial charge in [0.05, 0.1) is 6.42 Å². The van der Waals surface area contributed by atoms with Crippen molar-refractivity contribution in [1.29, 1.82) is 0 Å². The standard InChI is InChI=1S/C17H18O8/c1-7(18)22-11-12(20)24-14-17(11)8(15(2,3)4)5-9-16(17,13(21)25-14)6-10(19)23-9/h5,9,11,14H,6H2,1-4H3/t9-,11-,14-,16-,17?/m0/s1. The lowest BCUT2D eigenvalue weighted by Gasteiger charge is -2.41. The third kappa shape index (κ3) is 1.62. The molecule has 1 unspecified atom stereocenters. The molecule has 4 rings (SSSR count). The van der Waals surface area contributed by atoms with Crippen LogP contribution in [-0.4, -0.2) is 42.4 Å². The summed E-state index contributed by atoms with van der Waals surface area (Å²) < 4.78 is 21.3. The number of carbonyl (C=O) groups excluding carboxylic acids is 4. The molecular formula is C17H18O8. The van der Waals surface area contributed by atoms with E-state index < -0.39 is 58.6 Å². The third-order valence-corrected chi connectivity index (χ3v) is 5.56. The summed E-state index contributed by atoms with van der Waals surface area (Å²) >= 11 is 0.